The van der Waals surface area contributed by atoms with E-state index in [0.717, 1.165) is 11.4 Å². The van der Waals surface area contributed by atoms with Crippen molar-refractivity contribution in [2.75, 3.05) is 0 Å². The van der Waals surface area contributed by atoms with E-state index < -0.39 is 6.10 Å². The van der Waals surface area contributed by atoms with E-state index in [1.807, 2.05) is 39.3 Å². The maximum Gasteiger partial charge on any atom is 0.103 e. The molecule has 0 fully saturated rings. The number of nitrogens with zero attached hydrogens (tertiary/aromatic N) is 4. The highest BCUT2D eigenvalue weighted by atomic mass is 16.3. The van der Waals surface area contributed by atoms with Crippen LogP contribution in [0, 0.1) is 6.92 Å². The van der Waals surface area contributed by atoms with Crippen LogP contribution in [-0.4, -0.2) is 24.7 Å². The van der Waals surface area contributed by atoms with Crippen molar-refractivity contribution in [1.29, 1.82) is 0 Å². The lowest BCUT2D eigenvalue weighted by atomic mass is 10.1. The van der Waals surface area contributed by atoms with Gasteiger partial charge >= 0.3 is 0 Å². The lowest BCUT2D eigenvalue weighted by molar-refractivity contribution is 0.170. The van der Waals surface area contributed by atoms with Gasteiger partial charge in [0.25, 0.3) is 0 Å². The van der Waals surface area contributed by atoms with Gasteiger partial charge in [0.2, 0.25) is 0 Å². The topological polar surface area (TPSA) is 55.9 Å². The van der Waals surface area contributed by atoms with Crippen molar-refractivity contribution in [2.45, 2.75) is 19.4 Å². The molecule has 0 aliphatic carbocycles. The molecule has 0 saturated heterocycles. The van der Waals surface area contributed by atoms with Crippen LogP contribution in [0.1, 0.15) is 23.2 Å². The zero-order chi connectivity index (χ0) is 11.7. The van der Waals surface area contributed by atoms with Crippen LogP contribution in [0.4, 0.5) is 0 Å². The summed E-state index contributed by atoms with van der Waals surface area (Å²) >= 11 is 0. The Morgan fingerprint density at radius 2 is 2.12 bits per heavy atom. The van der Waals surface area contributed by atoms with Crippen molar-refractivity contribution in [2.24, 2.45) is 14.1 Å². The van der Waals surface area contributed by atoms with Gasteiger partial charge in [-0.1, -0.05) is 0 Å². The highest BCUT2D eigenvalue weighted by Gasteiger charge is 2.13. The minimum absolute atomic E-state index is 0.536. The third kappa shape index (κ3) is 2.14. The van der Waals surface area contributed by atoms with Gasteiger partial charge in [-0.2, -0.15) is 10.2 Å². The molecule has 5 nitrogen and oxygen atoms in total. The van der Waals surface area contributed by atoms with Crippen molar-refractivity contribution in [3.05, 3.63) is 35.4 Å². The van der Waals surface area contributed by atoms with Crippen molar-refractivity contribution in [1.82, 2.24) is 19.6 Å². The Hall–Kier alpha value is -1.62. The number of hydrogen-bond donors (Lipinski definition) is 1. The Kier molecular flexibility index (Phi) is 2.78. The zero-order valence-electron chi connectivity index (χ0n) is 9.75. The van der Waals surface area contributed by atoms with E-state index in [9.17, 15) is 5.11 Å². The van der Waals surface area contributed by atoms with Crippen LogP contribution in [0.2, 0.25) is 0 Å². The van der Waals surface area contributed by atoms with Gasteiger partial charge in [0.05, 0.1) is 11.4 Å². The quantitative estimate of drug-likeness (QED) is 0.830. The van der Waals surface area contributed by atoms with Gasteiger partial charge < -0.3 is 5.11 Å². The van der Waals surface area contributed by atoms with Gasteiger partial charge in [0.15, 0.2) is 0 Å². The fourth-order valence-corrected chi connectivity index (χ4v) is 1.77. The Morgan fingerprint density at radius 3 is 2.62 bits per heavy atom. The molecule has 5 heteroatoms. The summed E-state index contributed by atoms with van der Waals surface area (Å²) in [6.45, 7) is 1.94. The van der Waals surface area contributed by atoms with Gasteiger partial charge in [0, 0.05) is 32.4 Å². The maximum atomic E-state index is 10.0. The Balaban J connectivity index is 2.13. The van der Waals surface area contributed by atoms with Gasteiger partial charge in [-0.3, -0.25) is 9.36 Å². The van der Waals surface area contributed by atoms with Crippen molar-refractivity contribution in [3.8, 4) is 0 Å². The fraction of sp³-hybridized carbons (Fsp3) is 0.455. The van der Waals surface area contributed by atoms with E-state index in [-0.39, 0.29) is 0 Å². The van der Waals surface area contributed by atoms with E-state index in [1.54, 1.807) is 9.36 Å². The third-order valence-corrected chi connectivity index (χ3v) is 2.58. The molecule has 0 aliphatic heterocycles. The first-order valence-electron chi connectivity index (χ1n) is 5.23. The molecular weight excluding hydrogens is 204 g/mol. The monoisotopic (exact) mass is 220 g/mol. The van der Waals surface area contributed by atoms with Crippen LogP contribution >= 0.6 is 0 Å². The molecule has 86 valence electrons. The van der Waals surface area contributed by atoms with Crippen LogP contribution in [-0.2, 0) is 20.5 Å². The highest BCUT2D eigenvalue weighted by molar-refractivity contribution is 5.13. The van der Waals surface area contributed by atoms with E-state index in [2.05, 4.69) is 10.2 Å². The van der Waals surface area contributed by atoms with Gasteiger partial charge in [0.1, 0.15) is 6.10 Å². The summed E-state index contributed by atoms with van der Waals surface area (Å²) in [5.74, 6) is 0. The maximum absolute atomic E-state index is 10.0. The Bertz CT molecular complexity index is 486. The molecule has 0 aliphatic rings. The summed E-state index contributed by atoms with van der Waals surface area (Å²) in [7, 11) is 3.72. The van der Waals surface area contributed by atoms with E-state index >= 15 is 0 Å². The van der Waals surface area contributed by atoms with Crippen molar-refractivity contribution < 1.29 is 5.11 Å². The molecule has 2 rings (SSSR count). The summed E-state index contributed by atoms with van der Waals surface area (Å²) in [6.07, 6.45) is 1.79. The first kappa shape index (κ1) is 10.9. The zero-order valence-corrected chi connectivity index (χ0v) is 9.75. The van der Waals surface area contributed by atoms with Gasteiger partial charge in [-0.25, -0.2) is 0 Å². The molecule has 2 aromatic heterocycles. The highest BCUT2D eigenvalue weighted by Crippen LogP contribution is 2.16. The molecule has 0 radical (unpaired) electrons. The summed E-state index contributed by atoms with van der Waals surface area (Å²) in [5, 5.41) is 18.4. The van der Waals surface area contributed by atoms with Crippen LogP contribution in [0.5, 0.6) is 0 Å². The predicted molar refractivity (Wildman–Crippen MR) is 59.8 cm³/mol. The second kappa shape index (κ2) is 4.09. The number of aromatic nitrogens is 4. The first-order valence-corrected chi connectivity index (χ1v) is 5.23. The molecular formula is C11H16N4O. The second-order valence-electron chi connectivity index (χ2n) is 4.03. The summed E-state index contributed by atoms with van der Waals surface area (Å²) in [4.78, 5) is 0. The molecule has 16 heavy (non-hydrogen) atoms. The van der Waals surface area contributed by atoms with Crippen LogP contribution in [0.15, 0.2) is 18.3 Å². The molecule has 2 heterocycles. The van der Waals surface area contributed by atoms with Crippen molar-refractivity contribution in [3.63, 3.8) is 0 Å². The number of aliphatic hydroxyl groups is 1. The van der Waals surface area contributed by atoms with Crippen molar-refractivity contribution >= 4 is 0 Å². The largest absolute Gasteiger partial charge is 0.386 e. The molecule has 0 bridgehead atoms. The standard InChI is InChI=1S/C11H16N4O/c1-8-6-9(15(3)12-8)7-11(16)10-4-5-14(2)13-10/h4-6,11,16H,7H2,1-3H3. The van der Waals surface area contributed by atoms with E-state index in [4.69, 9.17) is 0 Å². The first-order chi connectivity index (χ1) is 7.56. The Labute approximate surface area is 94.3 Å². The van der Waals surface area contributed by atoms with Crippen LogP contribution < -0.4 is 0 Å². The van der Waals surface area contributed by atoms with Gasteiger partial charge in [-0.05, 0) is 19.1 Å². The molecule has 1 atom stereocenters. The molecule has 0 amide bonds. The molecule has 0 saturated carbocycles. The van der Waals surface area contributed by atoms with Crippen LogP contribution in [0.25, 0.3) is 0 Å². The Morgan fingerprint density at radius 1 is 1.38 bits per heavy atom. The smallest absolute Gasteiger partial charge is 0.103 e. The number of aryl methyl sites for hydroxylation is 3. The number of rotatable bonds is 3. The SMILES string of the molecule is Cc1cc(CC(O)c2ccn(C)n2)n(C)n1. The normalized spacial score (nSPS) is 13.0. The minimum Gasteiger partial charge on any atom is -0.386 e. The van der Waals surface area contributed by atoms with Crippen LogP contribution in [0.3, 0.4) is 0 Å². The molecule has 0 aromatic carbocycles. The predicted octanol–water partition coefficient (Wildman–Crippen LogP) is 0.738. The summed E-state index contributed by atoms with van der Waals surface area (Å²) < 4.78 is 3.48. The average molecular weight is 220 g/mol. The van der Waals surface area contributed by atoms with Gasteiger partial charge in [-0.15, -0.1) is 0 Å². The second-order valence-corrected chi connectivity index (χ2v) is 4.03. The summed E-state index contributed by atoms with van der Waals surface area (Å²) in [5.41, 5.74) is 2.67. The summed E-state index contributed by atoms with van der Waals surface area (Å²) in [6, 6.07) is 3.81. The lowest BCUT2D eigenvalue weighted by Gasteiger charge is -2.07. The molecule has 1 unspecified atom stereocenters. The average Bonchev–Trinajstić information content (AvgIpc) is 2.74. The molecule has 1 N–H and O–H groups in total. The fourth-order valence-electron chi connectivity index (χ4n) is 1.77. The van der Waals surface area contributed by atoms with E-state index in [1.165, 1.54) is 0 Å². The number of aliphatic hydroxyl groups excluding tert-OH is 1. The molecule has 0 spiro atoms. The molecule has 2 aromatic rings. The lowest BCUT2D eigenvalue weighted by Crippen LogP contribution is -2.07. The van der Waals surface area contributed by atoms with E-state index in [0.29, 0.717) is 12.1 Å². The third-order valence-electron chi connectivity index (χ3n) is 2.58. The number of hydrogen-bond acceptors (Lipinski definition) is 3. The minimum atomic E-state index is -0.573.